The van der Waals surface area contributed by atoms with Crippen molar-refractivity contribution in [2.75, 3.05) is 19.6 Å². The molecule has 1 aliphatic rings. The predicted octanol–water partition coefficient (Wildman–Crippen LogP) is 1.72. The van der Waals surface area contributed by atoms with Crippen molar-refractivity contribution in [2.45, 2.75) is 18.3 Å². The molecule has 1 aromatic heterocycles. The molecule has 1 fully saturated rings. The molecule has 2 heterocycles. The fraction of sp³-hybridized carbons (Fsp3) is 0.429. The van der Waals surface area contributed by atoms with E-state index in [9.17, 15) is 13.2 Å². The molecule has 3 rings (SSSR count). The number of aliphatic hydroxyl groups excluding tert-OH is 1. The lowest BCUT2D eigenvalue weighted by atomic mass is 10.1. The van der Waals surface area contributed by atoms with E-state index in [0.29, 0.717) is 13.1 Å². The van der Waals surface area contributed by atoms with Crippen LogP contribution in [0.1, 0.15) is 6.04 Å². The van der Waals surface area contributed by atoms with Crippen molar-refractivity contribution in [3.63, 3.8) is 0 Å². The summed E-state index contributed by atoms with van der Waals surface area (Å²) >= 11 is 0. The smallest absolute Gasteiger partial charge is 0.382 e. The summed E-state index contributed by atoms with van der Waals surface area (Å²) in [6.45, 7) is 0.440. The molecule has 0 unspecified atom stereocenters. The molecular formula is C14H15F3N4O. The van der Waals surface area contributed by atoms with Gasteiger partial charge in [-0.15, -0.1) is 5.10 Å². The van der Waals surface area contributed by atoms with Gasteiger partial charge in [-0.1, -0.05) is 35.5 Å². The van der Waals surface area contributed by atoms with E-state index in [1.165, 1.54) is 0 Å². The lowest BCUT2D eigenvalue weighted by Crippen LogP contribution is -2.52. The Hall–Kier alpha value is -1.93. The maximum Gasteiger partial charge on any atom is 0.415 e. The van der Waals surface area contributed by atoms with E-state index in [1.54, 1.807) is 15.8 Å². The molecule has 8 heteroatoms. The monoisotopic (exact) mass is 312 g/mol. The zero-order chi connectivity index (χ0) is 15.7. The van der Waals surface area contributed by atoms with Crippen LogP contribution >= 0.6 is 0 Å². The Labute approximate surface area is 125 Å². The molecule has 22 heavy (non-hydrogen) atoms. The Bertz CT molecular complexity index is 623. The lowest BCUT2D eigenvalue weighted by molar-refractivity contribution is -0.211. The van der Waals surface area contributed by atoms with Gasteiger partial charge in [0.1, 0.15) is 5.69 Å². The summed E-state index contributed by atoms with van der Waals surface area (Å²) in [7, 11) is 0. The second-order valence-electron chi connectivity index (χ2n) is 5.38. The number of halogens is 3. The summed E-state index contributed by atoms with van der Waals surface area (Å²) in [5, 5.41) is 17.1. The van der Waals surface area contributed by atoms with Crippen molar-refractivity contribution in [1.29, 1.82) is 0 Å². The molecule has 1 aromatic carbocycles. The molecule has 2 aromatic rings. The first kappa shape index (κ1) is 15.0. The highest BCUT2D eigenvalue weighted by atomic mass is 19.4. The van der Waals surface area contributed by atoms with Crippen LogP contribution in [0.5, 0.6) is 0 Å². The predicted molar refractivity (Wildman–Crippen MR) is 73.0 cm³/mol. The molecule has 0 amide bonds. The zero-order valence-electron chi connectivity index (χ0n) is 11.6. The standard InChI is InChI=1S/C14H15F3N4O/c15-14(16,17)13(22)9-20-6-11(7-20)21-8-12(18-19-21)10-4-2-1-3-5-10/h1-5,8,11,13,22H,6-7,9H2/t13-/m0/s1. The summed E-state index contributed by atoms with van der Waals surface area (Å²) in [6, 6.07) is 9.53. The van der Waals surface area contributed by atoms with E-state index in [4.69, 9.17) is 5.11 Å². The molecule has 1 aliphatic heterocycles. The van der Waals surface area contributed by atoms with Gasteiger partial charge in [0.25, 0.3) is 0 Å². The molecule has 118 valence electrons. The highest BCUT2D eigenvalue weighted by Gasteiger charge is 2.41. The summed E-state index contributed by atoms with van der Waals surface area (Å²) in [6.07, 6.45) is -5.08. The Kier molecular flexibility index (Phi) is 3.88. The number of hydrogen-bond acceptors (Lipinski definition) is 4. The van der Waals surface area contributed by atoms with Gasteiger partial charge < -0.3 is 5.11 Å². The molecular weight excluding hydrogens is 297 g/mol. The SMILES string of the molecule is O[C@@H](CN1CC(n2cc(-c3ccccc3)nn2)C1)C(F)(F)F. The number of β-amino-alcohol motifs (C(OH)–C–C–N with tert-alkyl or cyclic N) is 1. The van der Waals surface area contributed by atoms with Crippen LogP contribution in [0, 0.1) is 0 Å². The van der Waals surface area contributed by atoms with E-state index in [0.717, 1.165) is 11.3 Å². The number of likely N-dealkylation sites (tertiary alicyclic amines) is 1. The third-order valence-electron chi connectivity index (χ3n) is 3.70. The average Bonchev–Trinajstić information content (AvgIpc) is 2.91. The van der Waals surface area contributed by atoms with Crippen molar-refractivity contribution in [3.8, 4) is 11.3 Å². The molecule has 0 spiro atoms. The van der Waals surface area contributed by atoms with Gasteiger partial charge in [-0.2, -0.15) is 13.2 Å². The van der Waals surface area contributed by atoms with E-state index < -0.39 is 18.8 Å². The number of aliphatic hydroxyl groups is 1. The summed E-state index contributed by atoms with van der Waals surface area (Å²) in [5.74, 6) is 0. The first-order chi connectivity index (χ1) is 10.4. The van der Waals surface area contributed by atoms with Crippen LogP contribution in [0.4, 0.5) is 13.2 Å². The van der Waals surface area contributed by atoms with Gasteiger partial charge in [0, 0.05) is 25.2 Å². The van der Waals surface area contributed by atoms with Crippen molar-refractivity contribution >= 4 is 0 Å². The fourth-order valence-corrected chi connectivity index (χ4v) is 2.40. The largest absolute Gasteiger partial charge is 0.415 e. The molecule has 1 saturated heterocycles. The van der Waals surface area contributed by atoms with E-state index >= 15 is 0 Å². The minimum atomic E-state index is -4.57. The maximum absolute atomic E-state index is 12.3. The van der Waals surface area contributed by atoms with Gasteiger partial charge in [0.2, 0.25) is 0 Å². The Morgan fingerprint density at radius 1 is 1.23 bits per heavy atom. The van der Waals surface area contributed by atoms with Crippen molar-refractivity contribution in [1.82, 2.24) is 19.9 Å². The first-order valence-electron chi connectivity index (χ1n) is 6.88. The second kappa shape index (κ2) is 5.69. The number of nitrogens with zero attached hydrogens (tertiary/aromatic N) is 4. The summed E-state index contributed by atoms with van der Waals surface area (Å²) in [4.78, 5) is 1.55. The minimum Gasteiger partial charge on any atom is -0.382 e. The van der Waals surface area contributed by atoms with Crippen LogP contribution in [0.2, 0.25) is 0 Å². The first-order valence-corrected chi connectivity index (χ1v) is 6.88. The van der Waals surface area contributed by atoms with E-state index in [1.807, 2.05) is 30.3 Å². The van der Waals surface area contributed by atoms with E-state index in [-0.39, 0.29) is 6.04 Å². The molecule has 0 saturated carbocycles. The number of hydrogen-bond donors (Lipinski definition) is 1. The maximum atomic E-state index is 12.3. The quantitative estimate of drug-likeness (QED) is 0.934. The van der Waals surface area contributed by atoms with Crippen molar-refractivity contribution in [3.05, 3.63) is 36.5 Å². The van der Waals surface area contributed by atoms with Gasteiger partial charge >= 0.3 is 6.18 Å². The van der Waals surface area contributed by atoms with Crippen LogP contribution in [-0.2, 0) is 0 Å². The lowest BCUT2D eigenvalue weighted by Gasteiger charge is -2.39. The molecule has 1 atom stereocenters. The van der Waals surface area contributed by atoms with Gasteiger partial charge in [0.15, 0.2) is 6.10 Å². The van der Waals surface area contributed by atoms with Crippen LogP contribution in [-0.4, -0.2) is 56.9 Å². The summed E-state index contributed by atoms with van der Waals surface area (Å²) < 4.78 is 38.5. The van der Waals surface area contributed by atoms with Gasteiger partial charge in [-0.05, 0) is 0 Å². The van der Waals surface area contributed by atoms with Gasteiger partial charge in [-0.25, -0.2) is 4.68 Å². The highest BCUT2D eigenvalue weighted by Crippen LogP contribution is 2.26. The zero-order valence-corrected chi connectivity index (χ0v) is 11.6. The molecule has 0 aliphatic carbocycles. The molecule has 5 nitrogen and oxygen atoms in total. The Morgan fingerprint density at radius 3 is 2.55 bits per heavy atom. The second-order valence-corrected chi connectivity index (χ2v) is 5.38. The molecule has 1 N–H and O–H groups in total. The molecule has 0 bridgehead atoms. The number of benzene rings is 1. The normalized spacial score (nSPS) is 18.2. The van der Waals surface area contributed by atoms with E-state index in [2.05, 4.69) is 10.3 Å². The molecule has 0 radical (unpaired) electrons. The van der Waals surface area contributed by atoms with Crippen molar-refractivity contribution < 1.29 is 18.3 Å². The van der Waals surface area contributed by atoms with Crippen LogP contribution in [0.3, 0.4) is 0 Å². The minimum absolute atomic E-state index is 0.00889. The fourth-order valence-electron chi connectivity index (χ4n) is 2.40. The van der Waals surface area contributed by atoms with Gasteiger partial charge in [-0.3, -0.25) is 4.90 Å². The third kappa shape index (κ3) is 3.12. The van der Waals surface area contributed by atoms with Crippen LogP contribution in [0.25, 0.3) is 11.3 Å². The van der Waals surface area contributed by atoms with Crippen LogP contribution < -0.4 is 0 Å². The van der Waals surface area contributed by atoms with Gasteiger partial charge in [0.05, 0.1) is 12.2 Å². The highest BCUT2D eigenvalue weighted by molar-refractivity contribution is 5.57. The average molecular weight is 312 g/mol. The number of aromatic nitrogens is 3. The topological polar surface area (TPSA) is 54.2 Å². The summed E-state index contributed by atoms with van der Waals surface area (Å²) in [5.41, 5.74) is 1.67. The van der Waals surface area contributed by atoms with Crippen LogP contribution in [0.15, 0.2) is 36.5 Å². The number of alkyl halides is 3. The van der Waals surface area contributed by atoms with Crippen molar-refractivity contribution in [2.24, 2.45) is 0 Å². The Morgan fingerprint density at radius 2 is 1.91 bits per heavy atom. The third-order valence-corrected chi connectivity index (χ3v) is 3.70. The Balaban J connectivity index is 1.57. The number of rotatable bonds is 4.